The van der Waals surface area contributed by atoms with Crippen molar-refractivity contribution in [2.24, 2.45) is 0 Å². The first-order valence-corrected chi connectivity index (χ1v) is 7.48. The molecule has 3 N–H and O–H groups in total. The molecule has 126 valence electrons. The maximum absolute atomic E-state index is 13.0. The lowest BCUT2D eigenvalue weighted by molar-refractivity contribution is -0.123. The monoisotopic (exact) mass is 350 g/mol. The number of aryl methyl sites for hydroxylation is 1. The van der Waals surface area contributed by atoms with E-state index in [-0.39, 0.29) is 11.3 Å². The summed E-state index contributed by atoms with van der Waals surface area (Å²) in [5.74, 6) is -1.89. The molecule has 0 radical (unpaired) electrons. The summed E-state index contributed by atoms with van der Waals surface area (Å²) in [7, 11) is 0. The number of hydrogen-bond acceptors (Lipinski definition) is 4. The molecule has 0 spiro atoms. The van der Waals surface area contributed by atoms with Crippen LogP contribution in [0.5, 0.6) is 0 Å². The van der Waals surface area contributed by atoms with Crippen molar-refractivity contribution in [2.75, 3.05) is 11.1 Å². The lowest BCUT2D eigenvalue weighted by atomic mass is 10.2. The van der Waals surface area contributed by atoms with Crippen LogP contribution < -0.4 is 11.1 Å². The predicted octanol–water partition coefficient (Wildman–Crippen LogP) is 3.55. The summed E-state index contributed by atoms with van der Waals surface area (Å²) in [4.78, 5) is 24.2. The Morgan fingerprint density at radius 3 is 2.62 bits per heavy atom. The highest BCUT2D eigenvalue weighted by atomic mass is 35.5. The van der Waals surface area contributed by atoms with Gasteiger partial charge in [-0.15, -0.1) is 0 Å². The highest BCUT2D eigenvalue weighted by molar-refractivity contribution is 6.31. The molecule has 2 rings (SSSR count). The van der Waals surface area contributed by atoms with Gasteiger partial charge < -0.3 is 15.8 Å². The minimum atomic E-state index is -1.07. The fourth-order valence-corrected chi connectivity index (χ4v) is 2.13. The van der Waals surface area contributed by atoms with Gasteiger partial charge in [-0.25, -0.2) is 9.18 Å². The average molecular weight is 351 g/mol. The summed E-state index contributed by atoms with van der Waals surface area (Å²) in [6, 6.07) is 8.37. The van der Waals surface area contributed by atoms with Gasteiger partial charge in [-0.3, -0.25) is 4.79 Å². The normalized spacial score (nSPS) is 11.7. The molecule has 0 aliphatic rings. The van der Waals surface area contributed by atoms with Gasteiger partial charge in [0.1, 0.15) is 5.82 Å². The highest BCUT2D eigenvalue weighted by Gasteiger charge is 2.21. The number of ether oxygens (including phenoxy) is 1. The van der Waals surface area contributed by atoms with E-state index in [2.05, 4.69) is 5.32 Å². The zero-order valence-corrected chi connectivity index (χ0v) is 13.9. The summed E-state index contributed by atoms with van der Waals surface area (Å²) >= 11 is 5.89. The molecule has 0 unspecified atom stereocenters. The summed E-state index contributed by atoms with van der Waals surface area (Å²) in [5.41, 5.74) is 6.86. The minimum absolute atomic E-state index is 0.00464. The van der Waals surface area contributed by atoms with Gasteiger partial charge >= 0.3 is 5.97 Å². The molecule has 5 nitrogen and oxygen atoms in total. The average Bonchev–Trinajstić information content (AvgIpc) is 2.50. The first-order chi connectivity index (χ1) is 11.3. The third-order valence-corrected chi connectivity index (χ3v) is 3.58. The van der Waals surface area contributed by atoms with Gasteiger partial charge in [0.25, 0.3) is 5.91 Å². The Balaban J connectivity index is 2.05. The van der Waals surface area contributed by atoms with Gasteiger partial charge in [-0.05, 0) is 49.7 Å². The van der Waals surface area contributed by atoms with Gasteiger partial charge in [0, 0.05) is 16.4 Å². The second-order valence-electron chi connectivity index (χ2n) is 5.23. The molecule has 7 heteroatoms. The van der Waals surface area contributed by atoms with E-state index < -0.39 is 23.8 Å². The minimum Gasteiger partial charge on any atom is -0.449 e. The Morgan fingerprint density at radius 1 is 1.25 bits per heavy atom. The first-order valence-electron chi connectivity index (χ1n) is 7.11. The van der Waals surface area contributed by atoms with Gasteiger partial charge in [-0.2, -0.15) is 0 Å². The number of rotatable bonds is 4. The van der Waals surface area contributed by atoms with Crippen molar-refractivity contribution in [3.63, 3.8) is 0 Å². The molecule has 24 heavy (non-hydrogen) atoms. The lowest BCUT2D eigenvalue weighted by Crippen LogP contribution is -2.30. The predicted molar refractivity (Wildman–Crippen MR) is 90.5 cm³/mol. The van der Waals surface area contributed by atoms with Crippen molar-refractivity contribution >= 4 is 34.9 Å². The van der Waals surface area contributed by atoms with E-state index in [1.54, 1.807) is 18.2 Å². The number of nitrogens with two attached hydrogens (primary N) is 1. The van der Waals surface area contributed by atoms with Gasteiger partial charge in [0.2, 0.25) is 0 Å². The number of nitrogens with one attached hydrogen (secondary N) is 1. The van der Waals surface area contributed by atoms with E-state index in [0.29, 0.717) is 10.7 Å². The third kappa shape index (κ3) is 4.23. The lowest BCUT2D eigenvalue weighted by Gasteiger charge is -2.15. The van der Waals surface area contributed by atoms with E-state index in [4.69, 9.17) is 22.1 Å². The van der Waals surface area contributed by atoms with Crippen molar-refractivity contribution in [3.8, 4) is 0 Å². The summed E-state index contributed by atoms with van der Waals surface area (Å²) in [5, 5.41) is 3.11. The number of benzene rings is 2. The molecular formula is C17H16ClFN2O3. The fourth-order valence-electron chi connectivity index (χ4n) is 1.96. The molecule has 0 fully saturated rings. The second-order valence-corrected chi connectivity index (χ2v) is 5.66. The van der Waals surface area contributed by atoms with E-state index in [0.717, 1.165) is 17.7 Å². The number of nitrogen functional groups attached to an aromatic ring is 1. The molecule has 2 aromatic rings. The maximum atomic E-state index is 13.0. The van der Waals surface area contributed by atoms with Crippen LogP contribution in [-0.4, -0.2) is 18.0 Å². The molecule has 0 aromatic heterocycles. The highest BCUT2D eigenvalue weighted by Crippen LogP contribution is 2.21. The van der Waals surface area contributed by atoms with Crippen LogP contribution in [0.25, 0.3) is 0 Å². The molecular weight excluding hydrogens is 335 g/mol. The SMILES string of the molecule is Cc1ccc(Cl)cc1NC(=O)[C@@H](C)OC(=O)c1ccc(F)cc1N. The molecule has 2 aromatic carbocycles. The topological polar surface area (TPSA) is 81.4 Å². The number of halogens is 2. The van der Waals surface area contributed by atoms with E-state index in [1.807, 2.05) is 6.92 Å². The van der Waals surface area contributed by atoms with Crippen molar-refractivity contribution in [2.45, 2.75) is 20.0 Å². The Bertz CT molecular complexity index is 795. The van der Waals surface area contributed by atoms with E-state index >= 15 is 0 Å². The quantitative estimate of drug-likeness (QED) is 0.652. The maximum Gasteiger partial charge on any atom is 0.341 e. The molecule has 0 aliphatic carbocycles. The standard InChI is InChI=1S/C17H16ClFN2O3/c1-9-3-4-11(18)7-15(9)21-16(22)10(2)24-17(23)13-6-5-12(19)8-14(13)20/h3-8,10H,20H2,1-2H3,(H,21,22)/t10-/m1/s1. The van der Waals surface area contributed by atoms with Crippen LogP contribution in [0.1, 0.15) is 22.8 Å². The van der Waals surface area contributed by atoms with Crippen molar-refractivity contribution in [3.05, 3.63) is 58.4 Å². The molecule has 0 heterocycles. The van der Waals surface area contributed by atoms with Crippen molar-refractivity contribution < 1.29 is 18.7 Å². The largest absolute Gasteiger partial charge is 0.449 e. The molecule has 0 saturated carbocycles. The number of amides is 1. The zero-order chi connectivity index (χ0) is 17.9. The summed E-state index contributed by atoms with van der Waals surface area (Å²) in [6.45, 7) is 3.23. The van der Waals surface area contributed by atoms with Crippen LogP contribution in [0.4, 0.5) is 15.8 Å². The van der Waals surface area contributed by atoms with Crippen LogP contribution >= 0.6 is 11.6 Å². The van der Waals surface area contributed by atoms with E-state index in [9.17, 15) is 14.0 Å². The van der Waals surface area contributed by atoms with Crippen LogP contribution in [0.2, 0.25) is 5.02 Å². The summed E-state index contributed by atoms with van der Waals surface area (Å²) < 4.78 is 18.1. The molecule has 0 bridgehead atoms. The number of carbonyl (C=O) groups excluding carboxylic acids is 2. The zero-order valence-electron chi connectivity index (χ0n) is 13.1. The number of carbonyl (C=O) groups is 2. The Hall–Kier alpha value is -2.60. The van der Waals surface area contributed by atoms with Gasteiger partial charge in [0.05, 0.1) is 5.56 Å². The second kappa shape index (κ2) is 7.31. The molecule has 1 amide bonds. The molecule has 0 aliphatic heterocycles. The summed E-state index contributed by atoms with van der Waals surface area (Å²) in [6.07, 6.45) is -1.07. The van der Waals surface area contributed by atoms with Crippen LogP contribution in [0, 0.1) is 12.7 Å². The smallest absolute Gasteiger partial charge is 0.341 e. The Kier molecular flexibility index (Phi) is 5.41. The number of hydrogen-bond donors (Lipinski definition) is 2. The van der Waals surface area contributed by atoms with E-state index in [1.165, 1.54) is 13.0 Å². The van der Waals surface area contributed by atoms with Gasteiger partial charge in [0.15, 0.2) is 6.10 Å². The first kappa shape index (κ1) is 17.7. The third-order valence-electron chi connectivity index (χ3n) is 3.34. The van der Waals surface area contributed by atoms with Crippen LogP contribution in [-0.2, 0) is 9.53 Å². The Morgan fingerprint density at radius 2 is 1.96 bits per heavy atom. The van der Waals surface area contributed by atoms with Crippen LogP contribution in [0.15, 0.2) is 36.4 Å². The fraction of sp³-hybridized carbons (Fsp3) is 0.176. The van der Waals surface area contributed by atoms with Crippen LogP contribution in [0.3, 0.4) is 0 Å². The van der Waals surface area contributed by atoms with Crippen molar-refractivity contribution in [1.29, 1.82) is 0 Å². The molecule has 0 saturated heterocycles. The number of anilines is 2. The molecule has 1 atom stereocenters. The van der Waals surface area contributed by atoms with Crippen molar-refractivity contribution in [1.82, 2.24) is 0 Å². The number of esters is 1. The Labute approximate surface area is 143 Å². The van der Waals surface area contributed by atoms with Gasteiger partial charge in [-0.1, -0.05) is 17.7 Å².